The summed E-state index contributed by atoms with van der Waals surface area (Å²) in [4.78, 5) is 35.2. The van der Waals surface area contributed by atoms with Crippen molar-refractivity contribution in [3.05, 3.63) is 66.1 Å². The van der Waals surface area contributed by atoms with E-state index < -0.39 is 12.0 Å². The van der Waals surface area contributed by atoms with Crippen molar-refractivity contribution in [3.63, 3.8) is 0 Å². The Morgan fingerprint density at radius 1 is 1.15 bits per heavy atom. The lowest BCUT2D eigenvalue weighted by molar-refractivity contribution is -0.142. The topological polar surface area (TPSA) is 99.9 Å². The Labute approximate surface area is 154 Å². The lowest BCUT2D eigenvalue weighted by Gasteiger charge is -2.16. The van der Waals surface area contributed by atoms with Crippen LogP contribution in [0.2, 0.25) is 0 Å². The number of nitrogens with one attached hydrogen (secondary N) is 3. The lowest BCUT2D eigenvalue weighted by Crippen LogP contribution is -2.43. The number of H-pyrrole nitrogens is 2. The summed E-state index contributed by atoms with van der Waals surface area (Å²) in [5, 5.41) is 3.80. The van der Waals surface area contributed by atoms with E-state index in [1.165, 1.54) is 7.11 Å². The Balaban J connectivity index is 1.58. The molecule has 2 heterocycles. The van der Waals surface area contributed by atoms with Gasteiger partial charge in [0.25, 0.3) is 5.91 Å². The Hall–Kier alpha value is -3.61. The van der Waals surface area contributed by atoms with Crippen molar-refractivity contribution < 1.29 is 14.3 Å². The quantitative estimate of drug-likeness (QED) is 0.475. The first-order chi connectivity index (χ1) is 13.2. The zero-order valence-corrected chi connectivity index (χ0v) is 14.7. The Morgan fingerprint density at radius 3 is 2.85 bits per heavy atom. The first-order valence-electron chi connectivity index (χ1n) is 8.52. The van der Waals surface area contributed by atoms with Gasteiger partial charge in [0.1, 0.15) is 6.04 Å². The number of aromatic nitrogens is 3. The maximum atomic E-state index is 12.7. The van der Waals surface area contributed by atoms with Crippen molar-refractivity contribution in [2.24, 2.45) is 0 Å². The summed E-state index contributed by atoms with van der Waals surface area (Å²) >= 11 is 0. The number of hydrogen-bond donors (Lipinski definition) is 3. The van der Waals surface area contributed by atoms with Gasteiger partial charge in [-0.1, -0.05) is 18.2 Å². The van der Waals surface area contributed by atoms with Gasteiger partial charge in [-0.05, 0) is 29.8 Å². The zero-order valence-electron chi connectivity index (χ0n) is 14.7. The van der Waals surface area contributed by atoms with Gasteiger partial charge in [0.05, 0.1) is 24.5 Å². The first-order valence-corrected chi connectivity index (χ1v) is 8.52. The molecule has 27 heavy (non-hydrogen) atoms. The molecule has 1 atom stereocenters. The normalized spacial score (nSPS) is 12.2. The molecule has 0 saturated carbocycles. The highest BCUT2D eigenvalue weighted by Gasteiger charge is 2.24. The van der Waals surface area contributed by atoms with Crippen LogP contribution in [0.5, 0.6) is 0 Å². The van der Waals surface area contributed by atoms with Gasteiger partial charge in [-0.15, -0.1) is 0 Å². The van der Waals surface area contributed by atoms with Crippen LogP contribution in [0.3, 0.4) is 0 Å². The molecular formula is C20H18N4O3. The smallest absolute Gasteiger partial charge is 0.328 e. The monoisotopic (exact) mass is 362 g/mol. The Bertz CT molecular complexity index is 1130. The molecule has 4 aromatic rings. The highest BCUT2D eigenvalue weighted by atomic mass is 16.5. The van der Waals surface area contributed by atoms with E-state index in [-0.39, 0.29) is 5.91 Å². The Morgan fingerprint density at radius 2 is 2.00 bits per heavy atom. The minimum absolute atomic E-state index is 0.328. The molecule has 3 N–H and O–H groups in total. The van der Waals surface area contributed by atoms with E-state index in [2.05, 4.69) is 20.3 Å². The summed E-state index contributed by atoms with van der Waals surface area (Å²) in [6.45, 7) is 0. The summed E-state index contributed by atoms with van der Waals surface area (Å²) in [6.07, 6.45) is 3.75. The van der Waals surface area contributed by atoms with E-state index in [0.29, 0.717) is 12.0 Å². The molecule has 0 unspecified atom stereocenters. The van der Waals surface area contributed by atoms with Crippen molar-refractivity contribution in [3.8, 4) is 0 Å². The molecular weight excluding hydrogens is 344 g/mol. The Kier molecular flexibility index (Phi) is 4.33. The van der Waals surface area contributed by atoms with Gasteiger partial charge in [0, 0.05) is 29.1 Å². The molecule has 0 spiro atoms. The fourth-order valence-electron chi connectivity index (χ4n) is 3.17. The van der Waals surface area contributed by atoms with Gasteiger partial charge in [0.2, 0.25) is 0 Å². The minimum atomic E-state index is -0.792. The van der Waals surface area contributed by atoms with Crippen molar-refractivity contribution in [1.82, 2.24) is 20.3 Å². The molecule has 7 nitrogen and oxygen atoms in total. The van der Waals surface area contributed by atoms with Gasteiger partial charge < -0.3 is 20.0 Å². The third-order valence-corrected chi connectivity index (χ3v) is 4.57. The van der Waals surface area contributed by atoms with Crippen LogP contribution in [-0.4, -0.2) is 40.0 Å². The van der Waals surface area contributed by atoms with Crippen LogP contribution < -0.4 is 5.32 Å². The lowest BCUT2D eigenvalue weighted by atomic mass is 10.0. The van der Waals surface area contributed by atoms with Crippen molar-refractivity contribution >= 4 is 33.8 Å². The number of hydrogen-bond acceptors (Lipinski definition) is 4. The molecule has 0 fully saturated rings. The maximum absolute atomic E-state index is 12.7. The van der Waals surface area contributed by atoms with Crippen LogP contribution >= 0.6 is 0 Å². The second-order valence-electron chi connectivity index (χ2n) is 6.25. The summed E-state index contributed by atoms with van der Waals surface area (Å²) < 4.78 is 4.89. The van der Waals surface area contributed by atoms with E-state index in [4.69, 9.17) is 4.74 Å². The number of para-hydroxylation sites is 1. The van der Waals surface area contributed by atoms with E-state index in [1.807, 2.05) is 30.5 Å². The SMILES string of the molecule is COC(=O)[C@@H](Cc1c[nH]c2ccccc12)NC(=O)c1ccc2nc[nH]c2c1. The zero-order chi connectivity index (χ0) is 18.8. The molecule has 4 rings (SSSR count). The number of fused-ring (bicyclic) bond motifs is 2. The summed E-state index contributed by atoms with van der Waals surface area (Å²) in [6, 6.07) is 12.2. The van der Waals surface area contributed by atoms with E-state index in [0.717, 1.165) is 27.5 Å². The standard InChI is InChI=1S/C20H18N4O3/c1-27-20(26)18(9-13-10-21-15-5-3-2-4-14(13)15)24-19(25)12-6-7-16-17(8-12)23-11-22-16/h2-8,10-11,18,21H,9H2,1H3,(H,22,23)(H,24,25)/t18-/m1/s1. The highest BCUT2D eigenvalue weighted by Crippen LogP contribution is 2.20. The van der Waals surface area contributed by atoms with Crippen LogP contribution in [0.1, 0.15) is 15.9 Å². The molecule has 136 valence electrons. The molecule has 2 aromatic carbocycles. The second-order valence-corrected chi connectivity index (χ2v) is 6.25. The highest BCUT2D eigenvalue weighted by molar-refractivity contribution is 5.99. The predicted molar refractivity (Wildman–Crippen MR) is 101 cm³/mol. The molecule has 0 aliphatic rings. The van der Waals surface area contributed by atoms with Gasteiger partial charge in [0.15, 0.2) is 0 Å². The van der Waals surface area contributed by atoms with Crippen LogP contribution in [0, 0.1) is 0 Å². The molecule has 0 radical (unpaired) electrons. The second kappa shape index (κ2) is 6.95. The summed E-state index contributed by atoms with van der Waals surface area (Å²) in [5.41, 5.74) is 3.89. The van der Waals surface area contributed by atoms with Gasteiger partial charge in [-0.2, -0.15) is 0 Å². The third kappa shape index (κ3) is 3.27. The number of aromatic amines is 2. The number of nitrogens with zero attached hydrogens (tertiary/aromatic N) is 1. The molecule has 1 amide bonds. The fraction of sp³-hybridized carbons (Fsp3) is 0.150. The number of amides is 1. The number of imidazole rings is 1. The number of benzene rings is 2. The number of carbonyl (C=O) groups excluding carboxylic acids is 2. The maximum Gasteiger partial charge on any atom is 0.328 e. The average Bonchev–Trinajstić information content (AvgIpc) is 3.33. The van der Waals surface area contributed by atoms with Crippen molar-refractivity contribution in [1.29, 1.82) is 0 Å². The molecule has 0 aliphatic carbocycles. The van der Waals surface area contributed by atoms with Crippen LogP contribution in [0.15, 0.2) is 55.0 Å². The van der Waals surface area contributed by atoms with Gasteiger partial charge >= 0.3 is 5.97 Å². The minimum Gasteiger partial charge on any atom is -0.467 e. The number of carbonyl (C=O) groups is 2. The van der Waals surface area contributed by atoms with Crippen LogP contribution in [0.4, 0.5) is 0 Å². The number of ether oxygens (including phenoxy) is 1. The molecule has 2 aromatic heterocycles. The molecule has 7 heteroatoms. The van der Waals surface area contributed by atoms with Gasteiger partial charge in [-0.25, -0.2) is 9.78 Å². The first kappa shape index (κ1) is 16.8. The molecule has 0 saturated heterocycles. The van der Waals surface area contributed by atoms with E-state index in [9.17, 15) is 9.59 Å². The summed E-state index contributed by atoms with van der Waals surface area (Å²) in [7, 11) is 1.31. The molecule has 0 bridgehead atoms. The number of methoxy groups -OCH3 is 1. The fourth-order valence-corrected chi connectivity index (χ4v) is 3.17. The third-order valence-electron chi connectivity index (χ3n) is 4.57. The predicted octanol–water partition coefficient (Wildman–Crippen LogP) is 2.56. The largest absolute Gasteiger partial charge is 0.467 e. The number of rotatable bonds is 5. The van der Waals surface area contributed by atoms with E-state index in [1.54, 1.807) is 24.5 Å². The average molecular weight is 362 g/mol. The number of esters is 1. The van der Waals surface area contributed by atoms with Gasteiger partial charge in [-0.3, -0.25) is 4.79 Å². The summed E-state index contributed by atoms with van der Waals surface area (Å²) in [5.74, 6) is -0.835. The van der Waals surface area contributed by atoms with Crippen molar-refractivity contribution in [2.45, 2.75) is 12.5 Å². The van der Waals surface area contributed by atoms with E-state index >= 15 is 0 Å². The molecule has 0 aliphatic heterocycles. The van der Waals surface area contributed by atoms with Crippen molar-refractivity contribution in [2.75, 3.05) is 7.11 Å². The van der Waals surface area contributed by atoms with Crippen LogP contribution in [0.25, 0.3) is 21.9 Å². The van der Waals surface area contributed by atoms with Crippen LogP contribution in [-0.2, 0) is 16.0 Å².